The smallest absolute Gasteiger partial charge is 0.356 e. The van der Waals surface area contributed by atoms with E-state index in [1.54, 1.807) is 7.05 Å². The average molecular weight is 249 g/mol. The van der Waals surface area contributed by atoms with Gasteiger partial charge in [-0.15, -0.1) is 5.10 Å². The number of nitrogens with two attached hydrogens (primary N) is 1. The molecule has 0 aromatic carbocycles. The molecule has 0 aliphatic carbocycles. The second kappa shape index (κ2) is 4.70. The monoisotopic (exact) mass is 249 g/mol. The molecule has 0 aliphatic heterocycles. The Bertz CT molecular complexity index is 581. The Morgan fingerprint density at radius 1 is 1.44 bits per heavy atom. The summed E-state index contributed by atoms with van der Waals surface area (Å²) >= 11 is 0. The van der Waals surface area contributed by atoms with Crippen LogP contribution in [0.1, 0.15) is 10.5 Å². The molecule has 0 unspecified atom stereocenters. The highest BCUT2D eigenvalue weighted by atomic mass is 16.5. The molecule has 8 heteroatoms. The van der Waals surface area contributed by atoms with Gasteiger partial charge in [0.1, 0.15) is 6.33 Å². The van der Waals surface area contributed by atoms with Crippen LogP contribution in [0.4, 0.5) is 5.69 Å². The molecule has 0 saturated carbocycles. The van der Waals surface area contributed by atoms with Crippen LogP contribution in [-0.4, -0.2) is 32.8 Å². The molecule has 0 aliphatic rings. The number of pyridine rings is 1. The van der Waals surface area contributed by atoms with Gasteiger partial charge in [-0.05, 0) is 12.1 Å². The van der Waals surface area contributed by atoms with Crippen molar-refractivity contribution in [1.29, 1.82) is 0 Å². The van der Waals surface area contributed by atoms with E-state index in [-0.39, 0.29) is 23.3 Å². The van der Waals surface area contributed by atoms with Crippen molar-refractivity contribution in [2.45, 2.75) is 0 Å². The fourth-order valence-corrected chi connectivity index (χ4v) is 1.20. The van der Waals surface area contributed by atoms with Gasteiger partial charge in [0.15, 0.2) is 5.69 Å². The van der Waals surface area contributed by atoms with E-state index in [1.807, 2.05) is 0 Å². The van der Waals surface area contributed by atoms with Crippen LogP contribution in [0.2, 0.25) is 0 Å². The van der Waals surface area contributed by atoms with Gasteiger partial charge in [0, 0.05) is 7.05 Å². The van der Waals surface area contributed by atoms with E-state index in [1.165, 1.54) is 30.3 Å². The maximum atomic E-state index is 11.3. The third-order valence-electron chi connectivity index (χ3n) is 2.05. The van der Waals surface area contributed by atoms with E-state index in [2.05, 4.69) is 19.8 Å². The highest BCUT2D eigenvalue weighted by Gasteiger charge is 2.13. The summed E-state index contributed by atoms with van der Waals surface area (Å²) in [7, 11) is 2.96. The number of hydrogen-bond acceptors (Lipinski definition) is 7. The molecule has 0 amide bonds. The first-order chi connectivity index (χ1) is 8.60. The molecule has 0 saturated heterocycles. The number of methoxy groups -OCH3 is 1. The number of nitrogen functional groups attached to an aromatic ring is 1. The molecule has 0 spiro atoms. The largest absolute Gasteiger partial charge is 0.464 e. The normalized spacial score (nSPS) is 10.1. The third-order valence-corrected chi connectivity index (χ3v) is 2.05. The molecule has 0 radical (unpaired) electrons. The molecule has 94 valence electrons. The van der Waals surface area contributed by atoms with Crippen molar-refractivity contribution in [3.63, 3.8) is 0 Å². The first kappa shape index (κ1) is 11.8. The van der Waals surface area contributed by atoms with Crippen molar-refractivity contribution < 1.29 is 14.3 Å². The number of nitrogens with zero attached hydrogens (tertiary/aromatic N) is 4. The molecule has 18 heavy (non-hydrogen) atoms. The zero-order chi connectivity index (χ0) is 13.1. The first-order valence-corrected chi connectivity index (χ1v) is 4.98. The second-order valence-electron chi connectivity index (χ2n) is 3.39. The Morgan fingerprint density at radius 3 is 2.83 bits per heavy atom. The minimum Gasteiger partial charge on any atom is -0.464 e. The lowest BCUT2D eigenvalue weighted by Gasteiger charge is -2.05. The lowest BCUT2D eigenvalue weighted by molar-refractivity contribution is 0.0593. The summed E-state index contributed by atoms with van der Waals surface area (Å²) in [5, 5.41) is 3.91. The van der Waals surface area contributed by atoms with Crippen LogP contribution in [0.5, 0.6) is 11.9 Å². The number of carbonyl (C=O) groups is 1. The predicted octanol–water partition coefficient (Wildman–Crippen LogP) is 0.371. The highest BCUT2D eigenvalue weighted by molar-refractivity contribution is 5.87. The van der Waals surface area contributed by atoms with E-state index < -0.39 is 5.97 Å². The van der Waals surface area contributed by atoms with Crippen LogP contribution in [-0.2, 0) is 11.8 Å². The Morgan fingerprint density at radius 2 is 2.22 bits per heavy atom. The van der Waals surface area contributed by atoms with Crippen molar-refractivity contribution in [1.82, 2.24) is 19.7 Å². The topological polar surface area (TPSA) is 105 Å². The van der Waals surface area contributed by atoms with Crippen molar-refractivity contribution in [2.24, 2.45) is 7.05 Å². The second-order valence-corrected chi connectivity index (χ2v) is 3.39. The molecule has 0 fully saturated rings. The molecule has 2 N–H and O–H groups in total. The van der Waals surface area contributed by atoms with Gasteiger partial charge < -0.3 is 15.2 Å². The van der Waals surface area contributed by atoms with Crippen molar-refractivity contribution >= 4 is 11.7 Å². The fourth-order valence-electron chi connectivity index (χ4n) is 1.20. The van der Waals surface area contributed by atoms with Crippen LogP contribution >= 0.6 is 0 Å². The van der Waals surface area contributed by atoms with Gasteiger partial charge in [-0.25, -0.2) is 9.78 Å². The number of aromatic nitrogens is 4. The quantitative estimate of drug-likeness (QED) is 0.783. The molecule has 2 aromatic rings. The molecule has 8 nitrogen and oxygen atoms in total. The maximum Gasteiger partial charge on any atom is 0.356 e. The van der Waals surface area contributed by atoms with E-state index in [9.17, 15) is 4.79 Å². The summed E-state index contributed by atoms with van der Waals surface area (Å²) in [6, 6.07) is 3.04. The standard InChI is InChI=1S/C10H11N5O3/c1-15-5-12-10(14-15)18-8-6(11)3-4-7(13-8)9(16)17-2/h3-5H,11H2,1-2H3. The molecule has 2 heterocycles. The molecular formula is C10H11N5O3. The number of esters is 1. The zero-order valence-electron chi connectivity index (χ0n) is 9.82. The number of carbonyl (C=O) groups excluding carboxylic acids is 1. The molecule has 2 aromatic heterocycles. The Balaban J connectivity index is 2.29. The summed E-state index contributed by atoms with van der Waals surface area (Å²) in [4.78, 5) is 19.1. The minimum absolute atomic E-state index is 0.0594. The van der Waals surface area contributed by atoms with E-state index in [0.29, 0.717) is 0 Å². The first-order valence-electron chi connectivity index (χ1n) is 4.98. The summed E-state index contributed by atoms with van der Waals surface area (Å²) < 4.78 is 11.3. The van der Waals surface area contributed by atoms with Crippen LogP contribution in [0.3, 0.4) is 0 Å². The highest BCUT2D eigenvalue weighted by Crippen LogP contribution is 2.22. The van der Waals surface area contributed by atoms with Gasteiger partial charge >= 0.3 is 12.0 Å². The van der Waals surface area contributed by atoms with E-state index in [4.69, 9.17) is 10.5 Å². The number of anilines is 1. The third kappa shape index (κ3) is 2.37. The zero-order valence-corrected chi connectivity index (χ0v) is 9.82. The van der Waals surface area contributed by atoms with Gasteiger partial charge in [-0.1, -0.05) is 0 Å². The van der Waals surface area contributed by atoms with Crippen molar-refractivity contribution in [2.75, 3.05) is 12.8 Å². The van der Waals surface area contributed by atoms with Gasteiger partial charge in [0.25, 0.3) is 0 Å². The molecule has 0 atom stereocenters. The lowest BCUT2D eigenvalue weighted by atomic mass is 10.3. The Hall–Kier alpha value is -2.64. The van der Waals surface area contributed by atoms with Gasteiger partial charge in [-0.2, -0.15) is 4.98 Å². The van der Waals surface area contributed by atoms with E-state index >= 15 is 0 Å². The van der Waals surface area contributed by atoms with Crippen LogP contribution in [0.25, 0.3) is 0 Å². The van der Waals surface area contributed by atoms with Crippen LogP contribution < -0.4 is 10.5 Å². The summed E-state index contributed by atoms with van der Waals surface area (Å²) in [6.07, 6.45) is 1.47. The summed E-state index contributed by atoms with van der Waals surface area (Å²) in [5.74, 6) is -0.516. The minimum atomic E-state index is -0.575. The summed E-state index contributed by atoms with van der Waals surface area (Å²) in [5.41, 5.74) is 6.05. The molecule has 0 bridgehead atoms. The Labute approximate surface area is 102 Å². The maximum absolute atomic E-state index is 11.3. The number of rotatable bonds is 3. The average Bonchev–Trinajstić information content (AvgIpc) is 2.76. The van der Waals surface area contributed by atoms with Crippen LogP contribution in [0.15, 0.2) is 18.5 Å². The molecular weight excluding hydrogens is 238 g/mol. The number of hydrogen-bond donors (Lipinski definition) is 1. The van der Waals surface area contributed by atoms with Crippen molar-refractivity contribution in [3.05, 3.63) is 24.2 Å². The van der Waals surface area contributed by atoms with Gasteiger partial charge in [0.2, 0.25) is 5.88 Å². The van der Waals surface area contributed by atoms with Gasteiger partial charge in [0.05, 0.1) is 12.8 Å². The van der Waals surface area contributed by atoms with E-state index in [0.717, 1.165) is 0 Å². The fraction of sp³-hybridized carbons (Fsp3) is 0.200. The summed E-state index contributed by atoms with van der Waals surface area (Å²) in [6.45, 7) is 0. The lowest BCUT2D eigenvalue weighted by Crippen LogP contribution is -2.06. The van der Waals surface area contributed by atoms with Gasteiger partial charge in [-0.3, -0.25) is 4.68 Å². The molecule has 2 rings (SSSR count). The SMILES string of the molecule is COC(=O)c1ccc(N)c(Oc2ncn(C)n2)n1. The number of aryl methyl sites for hydroxylation is 1. The van der Waals surface area contributed by atoms with Crippen LogP contribution in [0, 0.1) is 0 Å². The Kier molecular flexibility index (Phi) is 3.09. The predicted molar refractivity (Wildman–Crippen MR) is 61.1 cm³/mol. The van der Waals surface area contributed by atoms with Crippen molar-refractivity contribution in [3.8, 4) is 11.9 Å². The number of ether oxygens (including phenoxy) is 2.